The highest BCUT2D eigenvalue weighted by Gasteiger charge is 2.37. The van der Waals surface area contributed by atoms with E-state index >= 15 is 0 Å². The minimum absolute atomic E-state index is 0.0470. The SMILES string of the molecule is Cc1ccc(S(=O)(=O)O)c(CC[C@@H](O)C(F)(F)F)c1. The van der Waals surface area contributed by atoms with Crippen LogP contribution in [0.1, 0.15) is 17.5 Å². The van der Waals surface area contributed by atoms with Crippen LogP contribution in [0.4, 0.5) is 13.2 Å². The standard InChI is InChI=1S/C11H13F3O4S/c1-7-2-4-9(19(16,17)18)8(6-7)3-5-10(15)11(12,13)14/h2,4,6,10,15H,3,5H2,1H3,(H,16,17,18)/t10-/m1/s1. The minimum atomic E-state index is -4.75. The molecule has 19 heavy (non-hydrogen) atoms. The van der Waals surface area contributed by atoms with Crippen molar-refractivity contribution in [3.63, 3.8) is 0 Å². The van der Waals surface area contributed by atoms with Crippen LogP contribution in [0, 0.1) is 6.92 Å². The maximum atomic E-state index is 12.1. The number of alkyl halides is 3. The highest BCUT2D eigenvalue weighted by Crippen LogP contribution is 2.25. The van der Waals surface area contributed by atoms with Crippen molar-refractivity contribution in [2.45, 2.75) is 36.9 Å². The first kappa shape index (κ1) is 15.9. The smallest absolute Gasteiger partial charge is 0.384 e. The molecule has 0 heterocycles. The molecule has 1 aromatic rings. The molecule has 2 N–H and O–H groups in total. The summed E-state index contributed by atoms with van der Waals surface area (Å²) >= 11 is 0. The average Bonchev–Trinajstić information content (AvgIpc) is 2.22. The topological polar surface area (TPSA) is 74.6 Å². The zero-order chi connectivity index (χ0) is 14.8. The summed E-state index contributed by atoms with van der Waals surface area (Å²) in [5.41, 5.74) is 0.690. The van der Waals surface area contributed by atoms with Crippen molar-refractivity contribution in [2.75, 3.05) is 0 Å². The predicted molar refractivity (Wildman–Crippen MR) is 61.4 cm³/mol. The van der Waals surface area contributed by atoms with E-state index in [1.165, 1.54) is 12.1 Å². The van der Waals surface area contributed by atoms with Gasteiger partial charge in [-0.15, -0.1) is 0 Å². The third kappa shape index (κ3) is 4.48. The molecule has 0 bridgehead atoms. The molecule has 0 amide bonds. The highest BCUT2D eigenvalue weighted by molar-refractivity contribution is 7.85. The summed E-state index contributed by atoms with van der Waals surface area (Å²) < 4.78 is 67.6. The van der Waals surface area contributed by atoms with Crippen LogP contribution in [0.2, 0.25) is 0 Å². The molecule has 0 aliphatic heterocycles. The molecule has 8 heteroatoms. The van der Waals surface area contributed by atoms with Gasteiger partial charge in [-0.1, -0.05) is 17.7 Å². The Balaban J connectivity index is 2.98. The third-order valence-corrected chi connectivity index (χ3v) is 3.51. The number of benzene rings is 1. The Morgan fingerprint density at radius 2 is 1.89 bits per heavy atom. The lowest BCUT2D eigenvalue weighted by molar-refractivity contribution is -0.205. The van der Waals surface area contributed by atoms with Crippen molar-refractivity contribution in [1.29, 1.82) is 0 Å². The van der Waals surface area contributed by atoms with Crippen molar-refractivity contribution >= 4 is 10.1 Å². The van der Waals surface area contributed by atoms with E-state index in [9.17, 15) is 21.6 Å². The number of hydrogen-bond donors (Lipinski definition) is 2. The van der Waals surface area contributed by atoms with Crippen LogP contribution in [0.5, 0.6) is 0 Å². The summed E-state index contributed by atoms with van der Waals surface area (Å²) in [5.74, 6) is 0. The molecule has 0 unspecified atom stereocenters. The van der Waals surface area contributed by atoms with Crippen LogP contribution in [-0.4, -0.2) is 30.4 Å². The van der Waals surface area contributed by atoms with Gasteiger partial charge in [0.1, 0.15) is 6.10 Å². The van der Waals surface area contributed by atoms with Gasteiger partial charge in [0.2, 0.25) is 0 Å². The summed E-state index contributed by atoms with van der Waals surface area (Å²) in [4.78, 5) is -0.438. The zero-order valence-electron chi connectivity index (χ0n) is 9.98. The van der Waals surface area contributed by atoms with E-state index in [0.29, 0.717) is 5.56 Å². The van der Waals surface area contributed by atoms with E-state index in [1.807, 2.05) is 0 Å². The second-order valence-electron chi connectivity index (χ2n) is 4.18. The molecule has 1 aromatic carbocycles. The third-order valence-electron chi connectivity index (χ3n) is 2.56. The first-order chi connectivity index (χ1) is 8.51. The number of hydrogen-bond acceptors (Lipinski definition) is 3. The first-order valence-electron chi connectivity index (χ1n) is 5.33. The second kappa shape index (κ2) is 5.48. The fourth-order valence-electron chi connectivity index (χ4n) is 1.61. The van der Waals surface area contributed by atoms with Crippen LogP contribution >= 0.6 is 0 Å². The molecular formula is C11H13F3O4S. The van der Waals surface area contributed by atoms with Crippen LogP contribution in [0.3, 0.4) is 0 Å². The fourth-order valence-corrected chi connectivity index (χ4v) is 2.34. The number of rotatable bonds is 4. The summed E-state index contributed by atoms with van der Waals surface area (Å²) in [6.07, 6.45) is -8.25. The molecule has 0 aromatic heterocycles. The summed E-state index contributed by atoms with van der Waals surface area (Å²) in [7, 11) is -4.50. The summed E-state index contributed by atoms with van der Waals surface area (Å²) in [6.45, 7) is 1.64. The Bertz CT molecular complexity index is 552. The lowest BCUT2D eigenvalue weighted by Gasteiger charge is -2.15. The molecule has 1 atom stereocenters. The van der Waals surface area contributed by atoms with Gasteiger partial charge in [0.25, 0.3) is 10.1 Å². The van der Waals surface area contributed by atoms with Crippen LogP contribution < -0.4 is 0 Å². The van der Waals surface area contributed by atoms with Gasteiger partial charge in [0.05, 0.1) is 4.90 Å². The van der Waals surface area contributed by atoms with Gasteiger partial charge >= 0.3 is 6.18 Å². The Hall–Kier alpha value is -1.12. The van der Waals surface area contributed by atoms with E-state index in [2.05, 4.69) is 0 Å². The van der Waals surface area contributed by atoms with Gasteiger partial charge < -0.3 is 5.11 Å². The molecule has 0 spiro atoms. The van der Waals surface area contributed by atoms with E-state index in [1.54, 1.807) is 6.92 Å². The second-order valence-corrected chi connectivity index (χ2v) is 5.57. The van der Waals surface area contributed by atoms with E-state index < -0.39 is 33.7 Å². The number of aliphatic hydroxyl groups excluding tert-OH is 1. The Labute approximate surface area is 108 Å². The maximum absolute atomic E-state index is 12.1. The molecule has 4 nitrogen and oxygen atoms in total. The van der Waals surface area contributed by atoms with Crippen molar-refractivity contribution in [1.82, 2.24) is 0 Å². The molecule has 0 aliphatic carbocycles. The lowest BCUT2D eigenvalue weighted by atomic mass is 10.0. The van der Waals surface area contributed by atoms with Crippen LogP contribution in [0.25, 0.3) is 0 Å². The van der Waals surface area contributed by atoms with Gasteiger partial charge in [-0.2, -0.15) is 21.6 Å². The number of halogens is 3. The molecular weight excluding hydrogens is 285 g/mol. The average molecular weight is 298 g/mol. The van der Waals surface area contributed by atoms with E-state index in [-0.39, 0.29) is 12.0 Å². The molecule has 108 valence electrons. The van der Waals surface area contributed by atoms with Gasteiger partial charge in [0, 0.05) is 0 Å². The van der Waals surface area contributed by atoms with E-state index in [4.69, 9.17) is 9.66 Å². The lowest BCUT2D eigenvalue weighted by Crippen LogP contribution is -2.29. The zero-order valence-corrected chi connectivity index (χ0v) is 10.8. The van der Waals surface area contributed by atoms with Crippen molar-refractivity contribution in [3.8, 4) is 0 Å². The molecule has 0 saturated carbocycles. The normalized spacial score (nSPS) is 14.4. The molecule has 0 saturated heterocycles. The Kier molecular flexibility index (Phi) is 4.59. The largest absolute Gasteiger partial charge is 0.414 e. The first-order valence-corrected chi connectivity index (χ1v) is 6.77. The Morgan fingerprint density at radius 1 is 1.32 bits per heavy atom. The number of aryl methyl sites for hydroxylation is 2. The monoisotopic (exact) mass is 298 g/mol. The predicted octanol–water partition coefficient (Wildman–Crippen LogP) is 2.10. The highest BCUT2D eigenvalue weighted by atomic mass is 32.2. The quantitative estimate of drug-likeness (QED) is 0.835. The van der Waals surface area contributed by atoms with Crippen molar-refractivity contribution < 1.29 is 31.2 Å². The van der Waals surface area contributed by atoms with E-state index in [0.717, 1.165) is 6.07 Å². The van der Waals surface area contributed by atoms with Crippen molar-refractivity contribution in [2.24, 2.45) is 0 Å². The summed E-state index contributed by atoms with van der Waals surface area (Å²) in [5, 5.41) is 8.87. The Morgan fingerprint density at radius 3 is 2.37 bits per heavy atom. The van der Waals surface area contributed by atoms with Gasteiger partial charge in [-0.25, -0.2) is 0 Å². The molecule has 1 rings (SSSR count). The van der Waals surface area contributed by atoms with Crippen molar-refractivity contribution in [3.05, 3.63) is 29.3 Å². The molecule has 0 radical (unpaired) electrons. The van der Waals surface area contributed by atoms with Crippen LogP contribution in [0.15, 0.2) is 23.1 Å². The van der Waals surface area contributed by atoms with Crippen LogP contribution in [-0.2, 0) is 16.5 Å². The number of aliphatic hydroxyl groups is 1. The van der Waals surface area contributed by atoms with Gasteiger partial charge in [0.15, 0.2) is 0 Å². The maximum Gasteiger partial charge on any atom is 0.414 e. The summed E-state index contributed by atoms with van der Waals surface area (Å²) in [6, 6.07) is 3.92. The minimum Gasteiger partial charge on any atom is -0.384 e. The fraction of sp³-hybridized carbons (Fsp3) is 0.455. The molecule has 0 aliphatic rings. The van der Waals surface area contributed by atoms with Gasteiger partial charge in [-0.3, -0.25) is 4.55 Å². The van der Waals surface area contributed by atoms with Gasteiger partial charge in [-0.05, 0) is 31.4 Å². The molecule has 0 fully saturated rings.